The number of nitrogens with one attached hydrogen (secondary N) is 1. The van der Waals surface area contributed by atoms with Crippen LogP contribution in [-0.4, -0.2) is 11.5 Å². The summed E-state index contributed by atoms with van der Waals surface area (Å²) in [5, 5.41) is 4.83. The van der Waals surface area contributed by atoms with Gasteiger partial charge in [-0.2, -0.15) is 0 Å². The largest absolute Gasteiger partial charge is 0.361 e. The maximum Gasteiger partial charge on any atom is 0.183 e. The topological polar surface area (TPSA) is 24.9 Å². The second-order valence-corrected chi connectivity index (χ2v) is 5.90. The second kappa shape index (κ2) is 5.77. The van der Waals surface area contributed by atoms with Crippen LogP contribution in [0, 0.1) is 5.82 Å². The van der Waals surface area contributed by atoms with E-state index in [1.165, 1.54) is 29.0 Å². The Kier molecular flexibility index (Phi) is 3.85. The highest BCUT2D eigenvalue weighted by molar-refractivity contribution is 7.22. The van der Waals surface area contributed by atoms with E-state index in [1.807, 2.05) is 24.3 Å². The van der Waals surface area contributed by atoms with Crippen molar-refractivity contribution in [2.75, 3.05) is 11.9 Å². The fourth-order valence-corrected chi connectivity index (χ4v) is 2.94. The first-order chi connectivity index (χ1) is 9.70. The summed E-state index contributed by atoms with van der Waals surface area (Å²) < 4.78 is 14.1. The standard InChI is InChI=1S/C15H12ClFN2S/c16-11-3-1-10(2-4-11)7-8-18-15-19-13-9-12(17)5-6-14(13)20-15/h1-6,9H,7-8H2,(H,18,19). The minimum Gasteiger partial charge on any atom is -0.361 e. The lowest BCUT2D eigenvalue weighted by Gasteiger charge is -2.02. The molecule has 0 saturated carbocycles. The molecule has 0 amide bonds. The monoisotopic (exact) mass is 306 g/mol. The Bertz CT molecular complexity index is 724. The molecule has 0 radical (unpaired) electrons. The van der Waals surface area contributed by atoms with E-state index in [4.69, 9.17) is 11.6 Å². The van der Waals surface area contributed by atoms with Gasteiger partial charge in [0, 0.05) is 17.6 Å². The highest BCUT2D eigenvalue weighted by Crippen LogP contribution is 2.26. The Morgan fingerprint density at radius 2 is 1.95 bits per heavy atom. The van der Waals surface area contributed by atoms with Gasteiger partial charge >= 0.3 is 0 Å². The van der Waals surface area contributed by atoms with Crippen LogP contribution in [0.4, 0.5) is 9.52 Å². The molecule has 0 fully saturated rings. The Morgan fingerprint density at radius 1 is 1.15 bits per heavy atom. The van der Waals surface area contributed by atoms with Gasteiger partial charge in [-0.05, 0) is 36.2 Å². The van der Waals surface area contributed by atoms with E-state index in [2.05, 4.69) is 10.3 Å². The molecule has 2 nitrogen and oxygen atoms in total. The molecule has 0 saturated heterocycles. The zero-order chi connectivity index (χ0) is 13.9. The quantitative estimate of drug-likeness (QED) is 0.753. The van der Waals surface area contributed by atoms with Gasteiger partial charge in [0.05, 0.1) is 10.2 Å². The molecule has 0 bridgehead atoms. The normalized spacial score (nSPS) is 10.9. The number of nitrogens with zero attached hydrogens (tertiary/aromatic N) is 1. The SMILES string of the molecule is Fc1ccc2sc(NCCc3ccc(Cl)cc3)nc2c1. The van der Waals surface area contributed by atoms with Crippen molar-refractivity contribution >= 4 is 38.3 Å². The molecule has 5 heteroatoms. The zero-order valence-electron chi connectivity index (χ0n) is 10.6. The van der Waals surface area contributed by atoms with Crippen LogP contribution in [0.3, 0.4) is 0 Å². The summed E-state index contributed by atoms with van der Waals surface area (Å²) in [6, 6.07) is 12.5. The van der Waals surface area contributed by atoms with Gasteiger partial charge in [0.25, 0.3) is 0 Å². The van der Waals surface area contributed by atoms with Gasteiger partial charge in [-0.15, -0.1) is 0 Å². The molecule has 3 aromatic rings. The average Bonchev–Trinajstić information content (AvgIpc) is 2.83. The molecule has 0 spiro atoms. The third-order valence-electron chi connectivity index (χ3n) is 2.95. The smallest absolute Gasteiger partial charge is 0.183 e. The van der Waals surface area contributed by atoms with Crippen LogP contribution in [0.5, 0.6) is 0 Å². The van der Waals surface area contributed by atoms with Gasteiger partial charge in [-0.1, -0.05) is 35.1 Å². The molecule has 0 aliphatic heterocycles. The van der Waals surface area contributed by atoms with E-state index in [9.17, 15) is 4.39 Å². The molecular weight excluding hydrogens is 295 g/mol. The number of benzene rings is 2. The molecule has 1 N–H and O–H groups in total. The molecule has 20 heavy (non-hydrogen) atoms. The van der Waals surface area contributed by atoms with Crippen molar-refractivity contribution in [2.45, 2.75) is 6.42 Å². The Morgan fingerprint density at radius 3 is 2.75 bits per heavy atom. The molecule has 0 unspecified atom stereocenters. The van der Waals surface area contributed by atoms with Gasteiger partial charge in [0.15, 0.2) is 5.13 Å². The number of thiazole rings is 1. The fraction of sp³-hybridized carbons (Fsp3) is 0.133. The minimum atomic E-state index is -0.254. The predicted molar refractivity (Wildman–Crippen MR) is 83.2 cm³/mol. The van der Waals surface area contributed by atoms with Gasteiger partial charge in [-0.25, -0.2) is 9.37 Å². The highest BCUT2D eigenvalue weighted by Gasteiger charge is 2.04. The highest BCUT2D eigenvalue weighted by atomic mass is 35.5. The number of hydrogen-bond donors (Lipinski definition) is 1. The molecule has 0 atom stereocenters. The summed E-state index contributed by atoms with van der Waals surface area (Å²) in [6.45, 7) is 0.782. The van der Waals surface area contributed by atoms with Gasteiger partial charge in [0.2, 0.25) is 0 Å². The molecule has 0 aliphatic rings. The van der Waals surface area contributed by atoms with Crippen molar-refractivity contribution in [3.63, 3.8) is 0 Å². The molecular formula is C15H12ClFN2S. The van der Waals surface area contributed by atoms with E-state index in [1.54, 1.807) is 6.07 Å². The summed E-state index contributed by atoms with van der Waals surface area (Å²) >= 11 is 7.38. The number of halogens is 2. The second-order valence-electron chi connectivity index (χ2n) is 4.43. The molecule has 1 heterocycles. The lowest BCUT2D eigenvalue weighted by atomic mass is 10.1. The van der Waals surface area contributed by atoms with E-state index >= 15 is 0 Å². The summed E-state index contributed by atoms with van der Waals surface area (Å²) in [6.07, 6.45) is 0.890. The Balaban J connectivity index is 1.63. The van der Waals surface area contributed by atoms with Crippen LogP contribution in [0.2, 0.25) is 5.02 Å². The van der Waals surface area contributed by atoms with Crippen LogP contribution in [0.15, 0.2) is 42.5 Å². The van der Waals surface area contributed by atoms with Gasteiger partial charge in [0.1, 0.15) is 5.82 Å². The third kappa shape index (κ3) is 3.08. The van der Waals surface area contributed by atoms with Crippen molar-refractivity contribution in [1.29, 1.82) is 0 Å². The van der Waals surface area contributed by atoms with Crippen LogP contribution in [0.1, 0.15) is 5.56 Å². The van der Waals surface area contributed by atoms with E-state index in [-0.39, 0.29) is 5.82 Å². The maximum atomic E-state index is 13.1. The van der Waals surface area contributed by atoms with Crippen LogP contribution in [0.25, 0.3) is 10.2 Å². The summed E-state index contributed by atoms with van der Waals surface area (Å²) in [5.41, 5.74) is 1.91. The number of aromatic nitrogens is 1. The van der Waals surface area contributed by atoms with Crippen molar-refractivity contribution < 1.29 is 4.39 Å². The molecule has 2 aromatic carbocycles. The lowest BCUT2D eigenvalue weighted by Crippen LogP contribution is -2.04. The molecule has 0 aliphatic carbocycles. The maximum absolute atomic E-state index is 13.1. The van der Waals surface area contributed by atoms with Gasteiger partial charge < -0.3 is 5.32 Å². The number of rotatable bonds is 4. The summed E-state index contributed by atoms with van der Waals surface area (Å²) in [5.74, 6) is -0.254. The van der Waals surface area contributed by atoms with Crippen molar-refractivity contribution in [3.8, 4) is 0 Å². The summed E-state index contributed by atoms with van der Waals surface area (Å²) in [4.78, 5) is 4.37. The van der Waals surface area contributed by atoms with Crippen molar-refractivity contribution in [1.82, 2.24) is 4.98 Å². The lowest BCUT2D eigenvalue weighted by molar-refractivity contribution is 0.629. The average molecular weight is 307 g/mol. The van der Waals surface area contributed by atoms with Crippen LogP contribution >= 0.6 is 22.9 Å². The minimum absolute atomic E-state index is 0.254. The van der Waals surface area contributed by atoms with E-state index in [0.29, 0.717) is 5.52 Å². The number of fused-ring (bicyclic) bond motifs is 1. The van der Waals surface area contributed by atoms with Crippen molar-refractivity contribution in [2.24, 2.45) is 0 Å². The predicted octanol–water partition coefficient (Wildman–Crippen LogP) is 4.74. The number of hydrogen-bond acceptors (Lipinski definition) is 3. The molecule has 102 valence electrons. The van der Waals surface area contributed by atoms with E-state index < -0.39 is 0 Å². The zero-order valence-corrected chi connectivity index (χ0v) is 12.1. The first-order valence-electron chi connectivity index (χ1n) is 6.25. The third-order valence-corrected chi connectivity index (χ3v) is 4.20. The molecule has 3 rings (SSSR count). The fourth-order valence-electron chi connectivity index (χ4n) is 1.94. The van der Waals surface area contributed by atoms with Gasteiger partial charge in [-0.3, -0.25) is 0 Å². The number of anilines is 1. The Labute approximate surface area is 125 Å². The van der Waals surface area contributed by atoms with E-state index in [0.717, 1.165) is 27.8 Å². The van der Waals surface area contributed by atoms with Crippen LogP contribution in [-0.2, 0) is 6.42 Å². The summed E-state index contributed by atoms with van der Waals surface area (Å²) in [7, 11) is 0. The Hall–Kier alpha value is -1.65. The first-order valence-corrected chi connectivity index (χ1v) is 7.44. The molecule has 1 aromatic heterocycles. The first kappa shape index (κ1) is 13.3. The van der Waals surface area contributed by atoms with Crippen molar-refractivity contribution in [3.05, 3.63) is 58.9 Å². The van der Waals surface area contributed by atoms with Crippen LogP contribution < -0.4 is 5.32 Å².